The van der Waals surface area contributed by atoms with Crippen molar-refractivity contribution in [2.45, 2.75) is 30.8 Å². The molecule has 0 bridgehead atoms. The Kier molecular flexibility index (Phi) is 5.73. The molecule has 30 heavy (non-hydrogen) atoms. The molecule has 0 radical (unpaired) electrons. The molecule has 1 aromatic heterocycles. The number of hydrogen-bond acceptors (Lipinski definition) is 6. The van der Waals surface area contributed by atoms with Gasteiger partial charge in [0, 0.05) is 18.3 Å². The normalized spacial score (nSPS) is 19.9. The van der Waals surface area contributed by atoms with E-state index in [9.17, 15) is 21.6 Å². The van der Waals surface area contributed by atoms with Crippen LogP contribution in [0.2, 0.25) is 10.0 Å². The van der Waals surface area contributed by atoms with Crippen molar-refractivity contribution in [3.8, 4) is 0 Å². The van der Waals surface area contributed by atoms with Gasteiger partial charge >= 0.3 is 0 Å². The van der Waals surface area contributed by atoms with Gasteiger partial charge in [0.2, 0.25) is 15.8 Å². The highest BCUT2D eigenvalue weighted by atomic mass is 35.5. The largest absolute Gasteiger partial charge is 0.291 e. The monoisotopic (exact) mass is 490 g/mol. The van der Waals surface area contributed by atoms with E-state index in [1.54, 1.807) is 19.1 Å². The second-order valence-corrected chi connectivity index (χ2v) is 12.7. The predicted octanol–water partition coefficient (Wildman–Crippen LogP) is 3.76. The van der Waals surface area contributed by atoms with Crippen LogP contribution in [0.5, 0.6) is 0 Å². The van der Waals surface area contributed by atoms with E-state index in [4.69, 9.17) is 23.2 Å². The molecule has 3 rings (SSSR count). The highest BCUT2D eigenvalue weighted by Gasteiger charge is 2.53. The van der Waals surface area contributed by atoms with Gasteiger partial charge in [-0.3, -0.25) is 14.1 Å². The fraction of sp³-hybridized carbons (Fsp3) is 0.368. The zero-order valence-corrected chi connectivity index (χ0v) is 19.8. The van der Waals surface area contributed by atoms with Gasteiger partial charge in [0.25, 0.3) is 0 Å². The molecule has 11 heteroatoms. The number of aromatic nitrogens is 1. The van der Waals surface area contributed by atoms with E-state index in [-0.39, 0.29) is 33.5 Å². The minimum atomic E-state index is -4.12. The average Bonchev–Trinajstić information content (AvgIpc) is 2.64. The number of anilines is 1. The summed E-state index contributed by atoms with van der Waals surface area (Å²) in [6.45, 7) is 4.61. The molecule has 1 aliphatic heterocycles. The number of sulfonamides is 1. The van der Waals surface area contributed by atoms with Crippen LogP contribution in [0.3, 0.4) is 0 Å². The molecule has 1 aliphatic rings. The Labute approximate surface area is 186 Å². The Morgan fingerprint density at radius 3 is 2.40 bits per heavy atom. The van der Waals surface area contributed by atoms with Gasteiger partial charge in [-0.2, -0.15) is 0 Å². The lowest BCUT2D eigenvalue weighted by atomic mass is 9.94. The summed E-state index contributed by atoms with van der Waals surface area (Å²) in [5.74, 6) is -0.720. The van der Waals surface area contributed by atoms with Crippen molar-refractivity contribution < 1.29 is 21.6 Å². The molecule has 162 valence electrons. The fourth-order valence-corrected chi connectivity index (χ4v) is 7.48. The van der Waals surface area contributed by atoms with E-state index < -0.39 is 35.6 Å². The number of pyridine rings is 1. The number of Topliss-reactive ketones (excluding diaryl/α,β-unsaturated/α-hetero) is 1. The number of carbonyl (C=O) groups is 1. The summed E-state index contributed by atoms with van der Waals surface area (Å²) in [5, 5.41) is -1.82. The third-order valence-corrected chi connectivity index (χ3v) is 9.94. The number of sulfone groups is 1. The van der Waals surface area contributed by atoms with Gasteiger partial charge < -0.3 is 0 Å². The molecular weight excluding hydrogens is 471 g/mol. The zero-order valence-electron chi connectivity index (χ0n) is 16.7. The van der Waals surface area contributed by atoms with Gasteiger partial charge in [0.1, 0.15) is 5.69 Å². The van der Waals surface area contributed by atoms with Crippen molar-refractivity contribution >= 4 is 54.5 Å². The Morgan fingerprint density at radius 2 is 1.83 bits per heavy atom. The van der Waals surface area contributed by atoms with Gasteiger partial charge in [-0.05, 0) is 38.5 Å². The highest BCUT2D eigenvalue weighted by Crippen LogP contribution is 2.49. The Hall–Kier alpha value is -1.68. The molecule has 0 saturated carbocycles. The van der Waals surface area contributed by atoms with Gasteiger partial charge in [-0.25, -0.2) is 16.8 Å². The molecule has 2 aromatic rings. The summed E-state index contributed by atoms with van der Waals surface area (Å²) < 4.78 is 51.0. The van der Waals surface area contributed by atoms with Crippen molar-refractivity contribution in [2.24, 2.45) is 0 Å². The van der Waals surface area contributed by atoms with Crippen molar-refractivity contribution in [3.05, 3.63) is 57.3 Å². The Balaban J connectivity index is 2.34. The molecule has 1 unspecified atom stereocenters. The van der Waals surface area contributed by atoms with Crippen molar-refractivity contribution in [1.29, 1.82) is 0 Å². The van der Waals surface area contributed by atoms with Crippen LogP contribution in [-0.4, -0.2) is 40.4 Å². The summed E-state index contributed by atoms with van der Waals surface area (Å²) >= 11 is 12.7. The zero-order chi connectivity index (χ0) is 22.6. The molecule has 0 N–H and O–H groups in total. The summed E-state index contributed by atoms with van der Waals surface area (Å²) in [7, 11) is -7.88. The van der Waals surface area contributed by atoms with Crippen molar-refractivity contribution in [3.63, 3.8) is 0 Å². The topological polar surface area (TPSA) is 101 Å². The summed E-state index contributed by atoms with van der Waals surface area (Å²) in [5.41, 5.74) is 0.259. The van der Waals surface area contributed by atoms with Gasteiger partial charge in [-0.1, -0.05) is 35.3 Å². The number of nitrogens with zero attached hydrogens (tertiary/aromatic N) is 2. The molecule has 1 aromatic carbocycles. The van der Waals surface area contributed by atoms with E-state index in [1.165, 1.54) is 32.2 Å². The van der Waals surface area contributed by atoms with E-state index in [1.807, 2.05) is 0 Å². The second kappa shape index (κ2) is 7.47. The maximum absolute atomic E-state index is 13.5. The number of fused-ring (bicyclic) bond motifs is 1. The third kappa shape index (κ3) is 3.32. The van der Waals surface area contributed by atoms with E-state index in [0.29, 0.717) is 5.56 Å². The first kappa shape index (κ1) is 23.0. The first-order valence-electron chi connectivity index (χ1n) is 8.95. The quantitative estimate of drug-likeness (QED) is 0.646. The summed E-state index contributed by atoms with van der Waals surface area (Å²) in [4.78, 5) is 17.3. The molecular formula is C19H20Cl2N2O5S2. The fourth-order valence-electron chi connectivity index (χ4n) is 3.65. The van der Waals surface area contributed by atoms with Crippen LogP contribution in [0.25, 0.3) is 0 Å². The van der Waals surface area contributed by atoms with Crippen LogP contribution in [0.15, 0.2) is 30.5 Å². The third-order valence-electron chi connectivity index (χ3n) is 5.27. The van der Waals surface area contributed by atoms with E-state index in [0.717, 1.165) is 10.6 Å². The number of hydrogen-bond donors (Lipinski definition) is 0. The SMILES string of the molecule is CCN(c1c(Cl)ccc(C2C(=O)c3ncccc3C(C)(C)S2(=O)=O)c1Cl)S(C)(=O)=O. The first-order valence-corrected chi connectivity index (χ1v) is 13.1. The van der Waals surface area contributed by atoms with Crippen LogP contribution in [0, 0.1) is 0 Å². The standard InChI is InChI=1S/C19H20Cl2N2O5S2/c1-5-23(29(4,25)26)16-13(20)9-8-11(14(16)21)18-17(24)15-12(7-6-10-22-15)19(2,3)30(18,27)28/h6-10,18H,5H2,1-4H3. The van der Waals surface area contributed by atoms with Crippen LogP contribution < -0.4 is 4.31 Å². The summed E-state index contributed by atoms with van der Waals surface area (Å²) in [6, 6.07) is 5.82. The molecule has 0 amide bonds. The van der Waals surface area contributed by atoms with E-state index in [2.05, 4.69) is 4.98 Å². The van der Waals surface area contributed by atoms with Crippen molar-refractivity contribution in [2.75, 3.05) is 17.1 Å². The lowest BCUT2D eigenvalue weighted by molar-refractivity contribution is 0.0975. The molecule has 0 spiro atoms. The highest BCUT2D eigenvalue weighted by molar-refractivity contribution is 7.93. The molecule has 0 saturated heterocycles. The number of halogens is 2. The number of rotatable bonds is 4. The lowest BCUT2D eigenvalue weighted by Crippen LogP contribution is -2.43. The van der Waals surface area contributed by atoms with Crippen LogP contribution in [-0.2, 0) is 24.6 Å². The van der Waals surface area contributed by atoms with Gasteiger partial charge in [-0.15, -0.1) is 0 Å². The van der Waals surface area contributed by atoms with Gasteiger partial charge in [0.15, 0.2) is 15.1 Å². The second-order valence-electron chi connectivity index (χ2n) is 7.43. The Bertz CT molecular complexity index is 1260. The number of carbonyl (C=O) groups excluding carboxylic acids is 1. The van der Waals surface area contributed by atoms with Gasteiger partial charge in [0.05, 0.1) is 26.7 Å². The molecule has 1 atom stereocenters. The van der Waals surface area contributed by atoms with Crippen LogP contribution in [0.4, 0.5) is 5.69 Å². The molecule has 0 aliphatic carbocycles. The Morgan fingerprint density at radius 1 is 1.20 bits per heavy atom. The number of benzene rings is 1. The average molecular weight is 491 g/mol. The van der Waals surface area contributed by atoms with E-state index >= 15 is 0 Å². The van der Waals surface area contributed by atoms with Crippen molar-refractivity contribution in [1.82, 2.24) is 4.98 Å². The summed E-state index contributed by atoms with van der Waals surface area (Å²) in [6.07, 6.45) is 2.40. The first-order chi connectivity index (χ1) is 13.8. The van der Waals surface area contributed by atoms with Crippen LogP contribution >= 0.6 is 23.2 Å². The minimum Gasteiger partial charge on any atom is -0.291 e. The van der Waals surface area contributed by atoms with Crippen LogP contribution in [0.1, 0.15) is 47.6 Å². The number of ketones is 1. The molecule has 2 heterocycles. The minimum absolute atomic E-state index is 0.0168. The molecule has 7 nitrogen and oxygen atoms in total. The lowest BCUT2D eigenvalue weighted by Gasteiger charge is -2.36. The molecule has 0 fully saturated rings. The maximum Gasteiger partial charge on any atom is 0.232 e. The maximum atomic E-state index is 13.5. The smallest absolute Gasteiger partial charge is 0.232 e. The predicted molar refractivity (Wildman–Crippen MR) is 118 cm³/mol.